The van der Waals surface area contributed by atoms with Crippen LogP contribution in [0.25, 0.3) is 0 Å². The molecule has 0 bridgehead atoms. The first-order valence-electron chi connectivity index (χ1n) is 7.24. The molecule has 136 valence electrons. The molecule has 0 aromatic heterocycles. The molecule has 0 saturated carbocycles. The van der Waals surface area contributed by atoms with Gasteiger partial charge in [-0.25, -0.2) is 0 Å². The summed E-state index contributed by atoms with van der Waals surface area (Å²) in [4.78, 5) is 11.1. The number of aliphatic hydroxyl groups is 6. The maximum atomic E-state index is 11.1. The van der Waals surface area contributed by atoms with Gasteiger partial charge < -0.3 is 45.4 Å². The lowest BCUT2D eigenvalue weighted by Crippen LogP contribution is -2.60. The highest BCUT2D eigenvalue weighted by Gasteiger charge is 2.44. The Kier molecular flexibility index (Phi) is 7.77. The SMILES string of the molecule is CC(=O)N[C@@H](CO[C@H]1OC(CO)[C@H](O)[C@H](O)C1O)[C@H](O)[C@@H](C)O. The number of hydrogen-bond acceptors (Lipinski definition) is 9. The smallest absolute Gasteiger partial charge is 0.217 e. The van der Waals surface area contributed by atoms with Crippen molar-refractivity contribution in [3.05, 3.63) is 0 Å². The number of nitrogens with one attached hydrogen (secondary N) is 1. The second kappa shape index (κ2) is 8.85. The van der Waals surface area contributed by atoms with E-state index in [0.29, 0.717) is 0 Å². The molecule has 1 aliphatic rings. The van der Waals surface area contributed by atoms with Crippen molar-refractivity contribution >= 4 is 5.91 Å². The van der Waals surface area contributed by atoms with Gasteiger partial charge in [0.2, 0.25) is 5.91 Å². The molecule has 0 spiro atoms. The number of carbonyl (C=O) groups is 1. The van der Waals surface area contributed by atoms with E-state index in [1.807, 2.05) is 0 Å². The van der Waals surface area contributed by atoms with Crippen LogP contribution in [0, 0.1) is 0 Å². The van der Waals surface area contributed by atoms with Crippen LogP contribution in [0.1, 0.15) is 13.8 Å². The average Bonchev–Trinajstić information content (AvgIpc) is 2.49. The molecular formula is C13H25NO9. The van der Waals surface area contributed by atoms with Gasteiger partial charge in [-0.2, -0.15) is 0 Å². The molecule has 0 aromatic rings. The number of aliphatic hydroxyl groups excluding tert-OH is 6. The van der Waals surface area contributed by atoms with Gasteiger partial charge in [0.25, 0.3) is 0 Å². The van der Waals surface area contributed by atoms with Gasteiger partial charge in [-0.15, -0.1) is 0 Å². The highest BCUT2D eigenvalue weighted by atomic mass is 16.7. The second-order valence-corrected chi connectivity index (χ2v) is 5.57. The summed E-state index contributed by atoms with van der Waals surface area (Å²) in [6, 6.07) is -0.986. The molecule has 0 radical (unpaired) electrons. The zero-order valence-corrected chi connectivity index (χ0v) is 12.9. The molecule has 23 heavy (non-hydrogen) atoms. The lowest BCUT2D eigenvalue weighted by molar-refractivity contribution is -0.303. The molecule has 1 saturated heterocycles. The van der Waals surface area contributed by atoms with Crippen LogP contribution >= 0.6 is 0 Å². The van der Waals surface area contributed by atoms with Crippen LogP contribution in [-0.4, -0.2) is 98.7 Å². The van der Waals surface area contributed by atoms with E-state index in [4.69, 9.17) is 14.6 Å². The maximum absolute atomic E-state index is 11.1. The molecule has 1 amide bonds. The van der Waals surface area contributed by atoms with Gasteiger partial charge in [-0.3, -0.25) is 4.79 Å². The van der Waals surface area contributed by atoms with Crippen LogP contribution in [-0.2, 0) is 14.3 Å². The second-order valence-electron chi connectivity index (χ2n) is 5.57. The van der Waals surface area contributed by atoms with Crippen molar-refractivity contribution in [2.24, 2.45) is 0 Å². The molecule has 0 aliphatic carbocycles. The van der Waals surface area contributed by atoms with Crippen LogP contribution in [0.3, 0.4) is 0 Å². The Balaban J connectivity index is 2.69. The Morgan fingerprint density at radius 3 is 2.30 bits per heavy atom. The van der Waals surface area contributed by atoms with E-state index in [1.165, 1.54) is 13.8 Å². The summed E-state index contributed by atoms with van der Waals surface area (Å²) in [6.45, 7) is 1.60. The van der Waals surface area contributed by atoms with E-state index in [0.717, 1.165) is 0 Å². The highest BCUT2D eigenvalue weighted by Crippen LogP contribution is 2.22. The molecule has 1 aliphatic heterocycles. The first-order chi connectivity index (χ1) is 10.7. The van der Waals surface area contributed by atoms with Crippen molar-refractivity contribution in [3.8, 4) is 0 Å². The summed E-state index contributed by atoms with van der Waals surface area (Å²) < 4.78 is 10.4. The minimum atomic E-state index is -1.59. The normalized spacial score (nSPS) is 35.4. The third-order valence-electron chi connectivity index (χ3n) is 3.58. The van der Waals surface area contributed by atoms with E-state index in [2.05, 4.69) is 5.32 Å². The van der Waals surface area contributed by atoms with Crippen LogP contribution in [0.15, 0.2) is 0 Å². The Morgan fingerprint density at radius 1 is 1.22 bits per heavy atom. The average molecular weight is 339 g/mol. The van der Waals surface area contributed by atoms with Crippen molar-refractivity contribution in [1.82, 2.24) is 5.32 Å². The fourth-order valence-corrected chi connectivity index (χ4v) is 2.23. The topological polar surface area (TPSA) is 169 Å². The summed E-state index contributed by atoms with van der Waals surface area (Å²) in [6.07, 6.45) is -9.68. The molecule has 1 rings (SSSR count). The molecule has 10 heteroatoms. The summed E-state index contributed by atoms with van der Waals surface area (Å²) in [5, 5.41) is 59.8. The molecule has 10 nitrogen and oxygen atoms in total. The summed E-state index contributed by atoms with van der Waals surface area (Å²) in [7, 11) is 0. The standard InChI is InChI=1S/C13H25NO9/c1-5(16)9(18)7(14-6(2)17)4-22-13-12(21)11(20)10(19)8(3-15)23-13/h5,7-13,15-16,18-21H,3-4H2,1-2H3,(H,14,17)/t5-,7+,8?,9-,10+,11+,12?,13+/m1/s1. The van der Waals surface area contributed by atoms with Crippen LogP contribution in [0.5, 0.6) is 0 Å². The van der Waals surface area contributed by atoms with Crippen molar-refractivity contribution < 1.29 is 44.9 Å². The van der Waals surface area contributed by atoms with Gasteiger partial charge in [0.1, 0.15) is 30.5 Å². The first kappa shape index (κ1) is 20.2. The number of carbonyl (C=O) groups excluding carboxylic acids is 1. The predicted molar refractivity (Wildman–Crippen MR) is 75.0 cm³/mol. The highest BCUT2D eigenvalue weighted by molar-refractivity contribution is 5.73. The zero-order chi connectivity index (χ0) is 17.7. The van der Waals surface area contributed by atoms with Gasteiger partial charge in [-0.05, 0) is 6.92 Å². The Hall–Kier alpha value is -0.850. The number of ether oxygens (including phenoxy) is 2. The Labute approximate surface area is 133 Å². The summed E-state index contributed by atoms with van der Waals surface area (Å²) in [5.41, 5.74) is 0. The predicted octanol–water partition coefficient (Wildman–Crippen LogP) is -3.95. The lowest BCUT2D eigenvalue weighted by atomic mass is 9.99. The summed E-state index contributed by atoms with van der Waals surface area (Å²) >= 11 is 0. The van der Waals surface area contributed by atoms with Gasteiger partial charge in [0.05, 0.1) is 25.4 Å². The molecular weight excluding hydrogens is 314 g/mol. The van der Waals surface area contributed by atoms with Crippen LogP contribution in [0.2, 0.25) is 0 Å². The van der Waals surface area contributed by atoms with E-state index < -0.39 is 61.5 Å². The van der Waals surface area contributed by atoms with Crippen LogP contribution in [0.4, 0.5) is 0 Å². The fourth-order valence-electron chi connectivity index (χ4n) is 2.23. The van der Waals surface area contributed by atoms with Crippen molar-refractivity contribution in [1.29, 1.82) is 0 Å². The minimum Gasteiger partial charge on any atom is -0.394 e. The first-order valence-corrected chi connectivity index (χ1v) is 7.24. The largest absolute Gasteiger partial charge is 0.394 e. The number of rotatable bonds is 7. The van der Waals surface area contributed by atoms with Gasteiger partial charge >= 0.3 is 0 Å². The lowest BCUT2D eigenvalue weighted by Gasteiger charge is -2.40. The fraction of sp³-hybridized carbons (Fsp3) is 0.923. The Bertz CT molecular complexity index is 378. The maximum Gasteiger partial charge on any atom is 0.217 e. The monoisotopic (exact) mass is 339 g/mol. The van der Waals surface area contributed by atoms with Crippen molar-refractivity contribution in [2.45, 2.75) is 62.8 Å². The number of hydrogen-bond donors (Lipinski definition) is 7. The van der Waals surface area contributed by atoms with E-state index in [-0.39, 0.29) is 6.61 Å². The molecule has 8 atom stereocenters. The molecule has 1 heterocycles. The molecule has 7 N–H and O–H groups in total. The van der Waals surface area contributed by atoms with Gasteiger partial charge in [-0.1, -0.05) is 0 Å². The minimum absolute atomic E-state index is 0.339. The van der Waals surface area contributed by atoms with E-state index >= 15 is 0 Å². The molecule has 2 unspecified atom stereocenters. The third-order valence-corrected chi connectivity index (χ3v) is 3.58. The van der Waals surface area contributed by atoms with Crippen LogP contribution < -0.4 is 5.32 Å². The quantitative estimate of drug-likeness (QED) is 0.245. The zero-order valence-electron chi connectivity index (χ0n) is 12.9. The third kappa shape index (κ3) is 5.33. The van der Waals surface area contributed by atoms with E-state index in [1.54, 1.807) is 0 Å². The summed E-state index contributed by atoms with van der Waals surface area (Å²) in [5.74, 6) is -0.466. The van der Waals surface area contributed by atoms with Crippen molar-refractivity contribution in [3.63, 3.8) is 0 Å². The molecule has 0 aromatic carbocycles. The van der Waals surface area contributed by atoms with Gasteiger partial charge in [0.15, 0.2) is 6.29 Å². The molecule has 1 fully saturated rings. The Morgan fingerprint density at radius 2 is 1.83 bits per heavy atom. The number of amides is 1. The van der Waals surface area contributed by atoms with Gasteiger partial charge in [0, 0.05) is 6.92 Å². The van der Waals surface area contributed by atoms with Crippen molar-refractivity contribution in [2.75, 3.05) is 13.2 Å². The van der Waals surface area contributed by atoms with E-state index in [9.17, 15) is 30.3 Å².